The normalized spacial score (nSPS) is 10.3. The topological polar surface area (TPSA) is 53.1 Å². The number of hydrogen-bond donors (Lipinski definition) is 1. The molecular formula is C12H15N3O. The van der Waals surface area contributed by atoms with Crippen LogP contribution in [0.1, 0.15) is 5.56 Å². The molecule has 1 heterocycles. The van der Waals surface area contributed by atoms with Crippen LogP contribution in [-0.4, -0.2) is 16.4 Å². The summed E-state index contributed by atoms with van der Waals surface area (Å²) in [7, 11) is 1.90. The molecule has 0 aliphatic carbocycles. The largest absolute Gasteiger partial charge is 0.491 e. The molecule has 0 fully saturated rings. The SMILES string of the molecule is Cn1cc(CCOc2ccccc2N)cn1. The average Bonchev–Trinajstić information content (AvgIpc) is 2.67. The van der Waals surface area contributed by atoms with E-state index in [2.05, 4.69) is 5.10 Å². The van der Waals surface area contributed by atoms with Gasteiger partial charge in [-0.25, -0.2) is 0 Å². The van der Waals surface area contributed by atoms with E-state index in [1.807, 2.05) is 43.7 Å². The van der Waals surface area contributed by atoms with Gasteiger partial charge in [0.1, 0.15) is 5.75 Å². The number of hydrogen-bond acceptors (Lipinski definition) is 3. The van der Waals surface area contributed by atoms with E-state index in [1.165, 1.54) is 0 Å². The van der Waals surface area contributed by atoms with Gasteiger partial charge in [-0.15, -0.1) is 0 Å². The Bertz CT molecular complexity index is 465. The zero-order valence-corrected chi connectivity index (χ0v) is 9.26. The minimum atomic E-state index is 0.611. The van der Waals surface area contributed by atoms with Crippen LogP contribution in [0.4, 0.5) is 5.69 Å². The fourth-order valence-electron chi connectivity index (χ4n) is 1.49. The van der Waals surface area contributed by atoms with Crippen molar-refractivity contribution < 1.29 is 4.74 Å². The lowest BCUT2D eigenvalue weighted by Crippen LogP contribution is -2.02. The van der Waals surface area contributed by atoms with Crippen LogP contribution in [0.2, 0.25) is 0 Å². The number of anilines is 1. The molecule has 0 bridgehead atoms. The lowest BCUT2D eigenvalue weighted by molar-refractivity contribution is 0.323. The number of aromatic nitrogens is 2. The molecule has 0 radical (unpaired) electrons. The summed E-state index contributed by atoms with van der Waals surface area (Å²) in [5.41, 5.74) is 7.60. The lowest BCUT2D eigenvalue weighted by Gasteiger charge is -2.07. The first-order valence-electron chi connectivity index (χ1n) is 5.20. The first kappa shape index (κ1) is 10.5. The van der Waals surface area contributed by atoms with E-state index in [1.54, 1.807) is 4.68 Å². The van der Waals surface area contributed by atoms with Crippen LogP contribution in [0.25, 0.3) is 0 Å². The molecule has 2 rings (SSSR count). The summed E-state index contributed by atoms with van der Waals surface area (Å²) in [5.74, 6) is 0.742. The summed E-state index contributed by atoms with van der Waals surface area (Å²) in [6.45, 7) is 0.611. The number of para-hydroxylation sites is 2. The minimum absolute atomic E-state index is 0.611. The van der Waals surface area contributed by atoms with Gasteiger partial charge in [0.2, 0.25) is 0 Å². The van der Waals surface area contributed by atoms with E-state index in [9.17, 15) is 0 Å². The van der Waals surface area contributed by atoms with Crippen molar-refractivity contribution in [2.24, 2.45) is 7.05 Å². The number of ether oxygens (including phenoxy) is 1. The van der Waals surface area contributed by atoms with Crippen molar-refractivity contribution in [3.8, 4) is 5.75 Å². The maximum Gasteiger partial charge on any atom is 0.142 e. The number of nitrogen functional groups attached to an aromatic ring is 1. The Morgan fingerprint density at radius 3 is 2.88 bits per heavy atom. The van der Waals surface area contributed by atoms with Crippen molar-refractivity contribution in [3.05, 3.63) is 42.2 Å². The summed E-state index contributed by atoms with van der Waals surface area (Å²) in [6.07, 6.45) is 4.66. The van der Waals surface area contributed by atoms with Crippen LogP contribution in [-0.2, 0) is 13.5 Å². The Kier molecular flexibility index (Phi) is 3.10. The first-order valence-corrected chi connectivity index (χ1v) is 5.20. The van der Waals surface area contributed by atoms with Crippen LogP contribution in [0.15, 0.2) is 36.7 Å². The lowest BCUT2D eigenvalue weighted by atomic mass is 10.2. The maximum atomic E-state index is 5.76. The van der Waals surface area contributed by atoms with E-state index in [0.717, 1.165) is 17.7 Å². The smallest absolute Gasteiger partial charge is 0.142 e. The van der Waals surface area contributed by atoms with E-state index in [4.69, 9.17) is 10.5 Å². The molecule has 4 heteroatoms. The monoisotopic (exact) mass is 217 g/mol. The third kappa shape index (κ3) is 2.53. The van der Waals surface area contributed by atoms with Crippen molar-refractivity contribution in [3.63, 3.8) is 0 Å². The van der Waals surface area contributed by atoms with Gasteiger partial charge in [-0.2, -0.15) is 5.10 Å². The molecule has 0 atom stereocenters. The fraction of sp³-hybridized carbons (Fsp3) is 0.250. The van der Waals surface area contributed by atoms with Crippen molar-refractivity contribution in [2.45, 2.75) is 6.42 Å². The zero-order valence-electron chi connectivity index (χ0n) is 9.26. The van der Waals surface area contributed by atoms with Crippen LogP contribution in [0, 0.1) is 0 Å². The predicted octanol–water partition coefficient (Wildman–Crippen LogP) is 1.62. The van der Waals surface area contributed by atoms with E-state index in [0.29, 0.717) is 12.3 Å². The highest BCUT2D eigenvalue weighted by molar-refractivity contribution is 5.51. The highest BCUT2D eigenvalue weighted by Crippen LogP contribution is 2.19. The Labute approximate surface area is 94.6 Å². The Morgan fingerprint density at radius 1 is 1.38 bits per heavy atom. The standard InChI is InChI=1S/C12H15N3O/c1-15-9-10(8-14-15)6-7-16-12-5-3-2-4-11(12)13/h2-5,8-9H,6-7,13H2,1H3. The van der Waals surface area contributed by atoms with Gasteiger partial charge in [-0.1, -0.05) is 12.1 Å². The van der Waals surface area contributed by atoms with Gasteiger partial charge in [-0.05, 0) is 17.7 Å². The molecule has 4 nitrogen and oxygen atoms in total. The van der Waals surface area contributed by atoms with Gasteiger partial charge in [0.05, 0.1) is 18.5 Å². The second kappa shape index (κ2) is 4.70. The summed E-state index contributed by atoms with van der Waals surface area (Å²) in [4.78, 5) is 0. The molecule has 16 heavy (non-hydrogen) atoms. The molecule has 1 aromatic heterocycles. The molecule has 0 aliphatic heterocycles. The van der Waals surface area contributed by atoms with Crippen LogP contribution in [0.3, 0.4) is 0 Å². The van der Waals surface area contributed by atoms with Crippen LogP contribution >= 0.6 is 0 Å². The van der Waals surface area contributed by atoms with Crippen molar-refractivity contribution >= 4 is 5.69 Å². The van der Waals surface area contributed by atoms with E-state index in [-0.39, 0.29) is 0 Å². The Hall–Kier alpha value is -1.97. The molecule has 0 saturated carbocycles. The molecule has 0 unspecified atom stereocenters. The second-order valence-electron chi connectivity index (χ2n) is 3.66. The number of nitrogens with two attached hydrogens (primary N) is 1. The van der Waals surface area contributed by atoms with Crippen LogP contribution in [0.5, 0.6) is 5.75 Å². The number of aryl methyl sites for hydroxylation is 1. The molecule has 0 saturated heterocycles. The number of nitrogens with zero attached hydrogens (tertiary/aromatic N) is 2. The van der Waals surface area contributed by atoms with Gasteiger partial charge in [0, 0.05) is 19.7 Å². The zero-order chi connectivity index (χ0) is 11.4. The summed E-state index contributed by atoms with van der Waals surface area (Å²) >= 11 is 0. The van der Waals surface area contributed by atoms with E-state index >= 15 is 0 Å². The quantitative estimate of drug-likeness (QED) is 0.792. The molecule has 1 aromatic carbocycles. The van der Waals surface area contributed by atoms with Gasteiger partial charge in [-0.3, -0.25) is 4.68 Å². The van der Waals surface area contributed by atoms with Crippen molar-refractivity contribution in [1.82, 2.24) is 9.78 Å². The van der Waals surface area contributed by atoms with Gasteiger partial charge in [0.25, 0.3) is 0 Å². The molecule has 0 amide bonds. The van der Waals surface area contributed by atoms with Crippen molar-refractivity contribution in [2.75, 3.05) is 12.3 Å². The number of benzene rings is 1. The summed E-state index contributed by atoms with van der Waals surface area (Å²) in [5, 5.41) is 4.10. The third-order valence-corrected chi connectivity index (χ3v) is 2.33. The Balaban J connectivity index is 1.87. The minimum Gasteiger partial charge on any atom is -0.491 e. The molecule has 2 N–H and O–H groups in total. The third-order valence-electron chi connectivity index (χ3n) is 2.33. The fourth-order valence-corrected chi connectivity index (χ4v) is 1.49. The first-order chi connectivity index (χ1) is 7.75. The molecule has 0 spiro atoms. The number of rotatable bonds is 4. The molecule has 84 valence electrons. The summed E-state index contributed by atoms with van der Waals surface area (Å²) in [6, 6.07) is 7.51. The van der Waals surface area contributed by atoms with E-state index < -0.39 is 0 Å². The second-order valence-corrected chi connectivity index (χ2v) is 3.66. The molecular weight excluding hydrogens is 202 g/mol. The van der Waals surface area contributed by atoms with Crippen molar-refractivity contribution in [1.29, 1.82) is 0 Å². The molecule has 2 aromatic rings. The van der Waals surface area contributed by atoms with Gasteiger partial charge < -0.3 is 10.5 Å². The highest BCUT2D eigenvalue weighted by Gasteiger charge is 2.00. The van der Waals surface area contributed by atoms with Gasteiger partial charge >= 0.3 is 0 Å². The van der Waals surface area contributed by atoms with Crippen LogP contribution < -0.4 is 10.5 Å². The highest BCUT2D eigenvalue weighted by atomic mass is 16.5. The van der Waals surface area contributed by atoms with Gasteiger partial charge in [0.15, 0.2) is 0 Å². The maximum absolute atomic E-state index is 5.76. The average molecular weight is 217 g/mol. The predicted molar refractivity (Wildman–Crippen MR) is 63.3 cm³/mol. The summed E-state index contributed by atoms with van der Waals surface area (Å²) < 4.78 is 7.37. The molecule has 0 aliphatic rings. The Morgan fingerprint density at radius 2 is 2.19 bits per heavy atom.